The van der Waals surface area contributed by atoms with Crippen LogP contribution in [0.3, 0.4) is 0 Å². The molecule has 0 radical (unpaired) electrons. The van der Waals surface area contributed by atoms with Crippen LogP contribution in [0, 0.1) is 6.92 Å². The fourth-order valence-corrected chi connectivity index (χ4v) is 2.81. The van der Waals surface area contributed by atoms with Crippen LogP contribution in [0.25, 0.3) is 10.8 Å². The van der Waals surface area contributed by atoms with Crippen molar-refractivity contribution >= 4 is 16.5 Å². The van der Waals surface area contributed by atoms with Crippen molar-refractivity contribution in [2.75, 3.05) is 18.9 Å². The summed E-state index contributed by atoms with van der Waals surface area (Å²) in [4.78, 5) is 9.44. The Morgan fingerprint density at radius 1 is 1.39 bits per heavy atom. The van der Waals surface area contributed by atoms with Gasteiger partial charge >= 0.3 is 0 Å². The number of thiazole rings is 1. The summed E-state index contributed by atoms with van der Waals surface area (Å²) in [5.41, 5.74) is 6.49. The molecule has 0 spiro atoms. The molecule has 6 nitrogen and oxygen atoms in total. The van der Waals surface area contributed by atoms with Crippen molar-refractivity contribution in [1.82, 2.24) is 15.1 Å². The Labute approximate surface area is 108 Å². The van der Waals surface area contributed by atoms with E-state index in [4.69, 9.17) is 15.0 Å². The normalized spacial score (nSPS) is 20.2. The lowest BCUT2D eigenvalue weighted by Crippen LogP contribution is -2.16. The van der Waals surface area contributed by atoms with Gasteiger partial charge in [-0.25, -0.2) is 4.98 Å². The van der Waals surface area contributed by atoms with Gasteiger partial charge in [-0.2, -0.15) is 4.98 Å². The molecule has 1 aliphatic rings. The molecule has 96 valence electrons. The lowest BCUT2D eigenvalue weighted by atomic mass is 10.0. The minimum atomic E-state index is 0.238. The highest BCUT2D eigenvalue weighted by Gasteiger charge is 2.23. The first-order valence-corrected chi connectivity index (χ1v) is 6.70. The molecule has 2 aromatic heterocycles. The zero-order chi connectivity index (χ0) is 12.5. The molecular formula is C11H14N4O2S. The van der Waals surface area contributed by atoms with E-state index in [2.05, 4.69) is 15.1 Å². The monoisotopic (exact) mass is 266 g/mol. The Hall–Kier alpha value is -1.47. The van der Waals surface area contributed by atoms with Crippen LogP contribution in [0.5, 0.6) is 0 Å². The zero-order valence-electron chi connectivity index (χ0n) is 10.0. The van der Waals surface area contributed by atoms with Crippen molar-refractivity contribution in [1.29, 1.82) is 0 Å². The first kappa shape index (κ1) is 11.6. The van der Waals surface area contributed by atoms with Crippen LogP contribution in [-0.2, 0) is 4.74 Å². The third-order valence-electron chi connectivity index (χ3n) is 2.97. The van der Waals surface area contributed by atoms with Crippen LogP contribution < -0.4 is 5.73 Å². The molecule has 3 heterocycles. The Morgan fingerprint density at radius 2 is 2.28 bits per heavy atom. The van der Waals surface area contributed by atoms with Crippen molar-refractivity contribution in [3.05, 3.63) is 11.5 Å². The van der Waals surface area contributed by atoms with E-state index in [-0.39, 0.29) is 5.92 Å². The predicted octanol–water partition coefficient (Wildman–Crippen LogP) is 1.98. The number of hydrogen-bond donors (Lipinski definition) is 1. The summed E-state index contributed by atoms with van der Waals surface area (Å²) < 4.78 is 10.7. The van der Waals surface area contributed by atoms with Crippen molar-refractivity contribution in [2.45, 2.75) is 25.7 Å². The number of aromatic nitrogens is 3. The quantitative estimate of drug-likeness (QED) is 0.894. The molecule has 1 saturated heterocycles. The lowest BCUT2D eigenvalue weighted by molar-refractivity contribution is 0.0773. The number of anilines is 1. The number of rotatable bonds is 2. The third-order valence-corrected chi connectivity index (χ3v) is 3.95. The fourth-order valence-electron chi connectivity index (χ4n) is 2.05. The van der Waals surface area contributed by atoms with Gasteiger partial charge in [0, 0.05) is 12.5 Å². The number of aryl methyl sites for hydroxylation is 1. The third kappa shape index (κ3) is 2.11. The average molecular weight is 266 g/mol. The van der Waals surface area contributed by atoms with Gasteiger partial charge in [0.2, 0.25) is 0 Å². The van der Waals surface area contributed by atoms with Gasteiger partial charge in [-0.3, -0.25) is 0 Å². The number of ether oxygens (including phenoxy) is 1. The molecule has 0 aromatic carbocycles. The molecule has 0 aliphatic carbocycles. The molecule has 1 fully saturated rings. The summed E-state index contributed by atoms with van der Waals surface area (Å²) in [6.45, 7) is 3.38. The van der Waals surface area contributed by atoms with Crippen LogP contribution in [0.15, 0.2) is 4.52 Å². The molecule has 2 N–H and O–H groups in total. The van der Waals surface area contributed by atoms with E-state index in [1.165, 1.54) is 11.3 Å². The van der Waals surface area contributed by atoms with Crippen LogP contribution in [0.4, 0.5) is 5.13 Å². The largest absolute Gasteiger partial charge is 0.381 e. The maximum Gasteiger partial charge on any atom is 0.270 e. The second-order valence-corrected chi connectivity index (χ2v) is 5.37. The molecule has 1 aliphatic heterocycles. The van der Waals surface area contributed by atoms with Gasteiger partial charge in [0.15, 0.2) is 11.0 Å². The zero-order valence-corrected chi connectivity index (χ0v) is 10.9. The summed E-state index contributed by atoms with van der Waals surface area (Å²) >= 11 is 1.37. The Morgan fingerprint density at radius 3 is 2.94 bits per heavy atom. The average Bonchev–Trinajstić information content (AvgIpc) is 2.97. The van der Waals surface area contributed by atoms with Gasteiger partial charge < -0.3 is 15.0 Å². The highest BCUT2D eigenvalue weighted by molar-refractivity contribution is 7.18. The summed E-state index contributed by atoms with van der Waals surface area (Å²) in [6, 6.07) is 0. The minimum absolute atomic E-state index is 0.238. The maximum atomic E-state index is 5.66. The van der Waals surface area contributed by atoms with Gasteiger partial charge in [-0.1, -0.05) is 16.5 Å². The first-order valence-electron chi connectivity index (χ1n) is 5.88. The predicted molar refractivity (Wildman–Crippen MR) is 67.3 cm³/mol. The van der Waals surface area contributed by atoms with E-state index in [1.807, 2.05) is 6.92 Å². The molecule has 18 heavy (non-hydrogen) atoms. The van der Waals surface area contributed by atoms with E-state index in [1.54, 1.807) is 0 Å². The molecule has 3 rings (SSSR count). The van der Waals surface area contributed by atoms with Crippen molar-refractivity contribution < 1.29 is 9.26 Å². The number of hydrogen-bond acceptors (Lipinski definition) is 7. The van der Waals surface area contributed by atoms with Crippen LogP contribution >= 0.6 is 11.3 Å². The number of nitrogen functional groups attached to an aromatic ring is 1. The highest BCUT2D eigenvalue weighted by atomic mass is 32.1. The van der Waals surface area contributed by atoms with Gasteiger partial charge in [0.25, 0.3) is 5.89 Å². The smallest absolute Gasteiger partial charge is 0.270 e. The number of nitrogens with two attached hydrogens (primary N) is 1. The minimum Gasteiger partial charge on any atom is -0.381 e. The Kier molecular flexibility index (Phi) is 3.00. The second-order valence-electron chi connectivity index (χ2n) is 4.34. The molecule has 0 saturated carbocycles. The lowest BCUT2D eigenvalue weighted by Gasteiger charge is -2.18. The summed E-state index contributed by atoms with van der Waals surface area (Å²) in [5, 5.41) is 4.56. The van der Waals surface area contributed by atoms with Gasteiger partial charge in [0.05, 0.1) is 12.3 Å². The van der Waals surface area contributed by atoms with Crippen LogP contribution in [0.1, 0.15) is 30.3 Å². The highest BCUT2D eigenvalue weighted by Crippen LogP contribution is 2.31. The molecule has 1 atom stereocenters. The van der Waals surface area contributed by atoms with Gasteiger partial charge in [-0.05, 0) is 19.8 Å². The van der Waals surface area contributed by atoms with Crippen LogP contribution in [0.2, 0.25) is 0 Å². The topological polar surface area (TPSA) is 87.1 Å². The van der Waals surface area contributed by atoms with Gasteiger partial charge in [-0.15, -0.1) is 0 Å². The van der Waals surface area contributed by atoms with E-state index >= 15 is 0 Å². The Bertz CT molecular complexity index is 545. The first-order chi connectivity index (χ1) is 8.74. The molecular weight excluding hydrogens is 252 g/mol. The summed E-state index contributed by atoms with van der Waals surface area (Å²) in [5.74, 6) is 1.46. The fraction of sp³-hybridized carbons (Fsp3) is 0.545. The SMILES string of the molecule is Cc1nc(N)sc1-c1nc(C2CCCOC2)no1. The van der Waals surface area contributed by atoms with Crippen molar-refractivity contribution in [2.24, 2.45) is 0 Å². The Balaban J connectivity index is 1.86. The molecule has 2 aromatic rings. The van der Waals surface area contributed by atoms with E-state index in [0.717, 1.165) is 35.8 Å². The van der Waals surface area contributed by atoms with Crippen molar-refractivity contribution in [3.63, 3.8) is 0 Å². The molecule has 7 heteroatoms. The van der Waals surface area contributed by atoms with E-state index in [0.29, 0.717) is 17.6 Å². The van der Waals surface area contributed by atoms with Gasteiger partial charge in [0.1, 0.15) is 4.88 Å². The van der Waals surface area contributed by atoms with Crippen molar-refractivity contribution in [3.8, 4) is 10.8 Å². The second kappa shape index (κ2) is 4.66. The van der Waals surface area contributed by atoms with E-state index in [9.17, 15) is 0 Å². The molecule has 1 unspecified atom stereocenters. The van der Waals surface area contributed by atoms with E-state index < -0.39 is 0 Å². The molecule has 0 amide bonds. The maximum absolute atomic E-state index is 5.66. The standard InChI is InChI=1S/C11H14N4O2S/c1-6-8(18-11(12)13-6)10-14-9(15-17-10)7-3-2-4-16-5-7/h7H,2-5H2,1H3,(H2,12,13). The molecule has 0 bridgehead atoms. The summed E-state index contributed by atoms with van der Waals surface area (Å²) in [7, 11) is 0. The summed E-state index contributed by atoms with van der Waals surface area (Å²) in [6.07, 6.45) is 2.09. The number of nitrogens with zero attached hydrogens (tertiary/aromatic N) is 3. The van der Waals surface area contributed by atoms with Crippen LogP contribution in [-0.4, -0.2) is 28.3 Å².